The second-order valence-corrected chi connectivity index (χ2v) is 5.40. The Morgan fingerprint density at radius 3 is 2.72 bits per heavy atom. The summed E-state index contributed by atoms with van der Waals surface area (Å²) < 4.78 is 0. The molecule has 0 unspecified atom stereocenters. The molecule has 0 saturated heterocycles. The number of carbonyl (C=O) groups is 1. The Hall–Kier alpha value is -3.37. The third-order valence-electron chi connectivity index (χ3n) is 3.32. The van der Waals surface area contributed by atoms with Crippen molar-refractivity contribution in [2.45, 2.75) is 6.92 Å². The van der Waals surface area contributed by atoms with Gasteiger partial charge >= 0.3 is 0 Å². The summed E-state index contributed by atoms with van der Waals surface area (Å²) in [5.41, 5.74) is 1.27. The quantitative estimate of drug-likeness (QED) is 0.364. The minimum atomic E-state index is -0.620. The molecule has 0 aliphatic carbocycles. The highest BCUT2D eigenvalue weighted by Gasteiger charge is 2.12. The molecule has 0 fully saturated rings. The van der Waals surface area contributed by atoms with E-state index in [9.17, 15) is 14.9 Å². The van der Waals surface area contributed by atoms with E-state index in [1.807, 2.05) is 0 Å². The van der Waals surface area contributed by atoms with Crippen molar-refractivity contribution >= 4 is 34.6 Å². The van der Waals surface area contributed by atoms with Crippen LogP contribution >= 0.6 is 11.6 Å². The Morgan fingerprint density at radius 2 is 2.04 bits per heavy atom. The van der Waals surface area contributed by atoms with Gasteiger partial charge in [0.05, 0.1) is 4.92 Å². The third-order valence-corrected chi connectivity index (χ3v) is 3.73. The van der Waals surface area contributed by atoms with Crippen LogP contribution in [-0.4, -0.2) is 10.8 Å². The fourth-order valence-corrected chi connectivity index (χ4v) is 2.12. The van der Waals surface area contributed by atoms with Gasteiger partial charge in [-0.15, -0.1) is 0 Å². The van der Waals surface area contributed by atoms with Gasteiger partial charge < -0.3 is 10.6 Å². The number of halogens is 1. The molecule has 0 heterocycles. The van der Waals surface area contributed by atoms with E-state index in [0.29, 0.717) is 22.0 Å². The van der Waals surface area contributed by atoms with Crippen LogP contribution in [0.3, 0.4) is 0 Å². The standard InChI is InChI=1S/C17H13ClN4O3/c1-11-15(18)6-3-7-16(11)21-17(23)12(9-19)10-20-13-4-2-5-14(8-13)22(24)25/h2-8,10,20H,1H3,(H,21,23)/b12-10-. The number of non-ortho nitro benzene ring substituents is 1. The molecule has 0 radical (unpaired) electrons. The van der Waals surface area contributed by atoms with Crippen molar-refractivity contribution in [3.8, 4) is 6.07 Å². The highest BCUT2D eigenvalue weighted by molar-refractivity contribution is 6.31. The zero-order valence-electron chi connectivity index (χ0n) is 13.1. The minimum Gasteiger partial charge on any atom is -0.360 e. The fraction of sp³-hybridized carbons (Fsp3) is 0.0588. The van der Waals surface area contributed by atoms with Gasteiger partial charge in [0.1, 0.15) is 11.6 Å². The third kappa shape index (κ3) is 4.56. The molecule has 0 aliphatic heterocycles. The van der Waals surface area contributed by atoms with Gasteiger partial charge in [-0.25, -0.2) is 0 Å². The predicted molar refractivity (Wildman–Crippen MR) is 95.2 cm³/mol. The number of carbonyl (C=O) groups excluding carboxylic acids is 1. The van der Waals surface area contributed by atoms with Crippen molar-refractivity contribution in [3.63, 3.8) is 0 Å². The SMILES string of the molecule is Cc1c(Cl)cccc1NC(=O)/C(C#N)=C\Nc1cccc([N+](=O)[O-])c1. The molecule has 2 aromatic rings. The summed E-state index contributed by atoms with van der Waals surface area (Å²) in [4.78, 5) is 22.4. The van der Waals surface area contributed by atoms with E-state index >= 15 is 0 Å². The van der Waals surface area contributed by atoms with Crippen LogP contribution in [0.2, 0.25) is 5.02 Å². The average Bonchev–Trinajstić information content (AvgIpc) is 2.59. The first kappa shape index (κ1) is 18.0. The predicted octanol–water partition coefficient (Wildman–Crippen LogP) is 4.01. The molecule has 0 bridgehead atoms. The number of nitrogens with zero attached hydrogens (tertiary/aromatic N) is 2. The van der Waals surface area contributed by atoms with Crippen molar-refractivity contribution < 1.29 is 9.72 Å². The Morgan fingerprint density at radius 1 is 1.32 bits per heavy atom. The highest BCUT2D eigenvalue weighted by atomic mass is 35.5. The van der Waals surface area contributed by atoms with Crippen molar-refractivity contribution in [1.82, 2.24) is 0 Å². The number of benzene rings is 2. The average molecular weight is 357 g/mol. The number of hydrogen-bond acceptors (Lipinski definition) is 5. The molecule has 7 nitrogen and oxygen atoms in total. The van der Waals surface area contributed by atoms with Crippen LogP contribution in [0.4, 0.5) is 17.1 Å². The summed E-state index contributed by atoms with van der Waals surface area (Å²) in [5, 5.41) is 25.7. The zero-order valence-corrected chi connectivity index (χ0v) is 13.9. The van der Waals surface area contributed by atoms with Gasteiger partial charge in [0, 0.05) is 34.7 Å². The van der Waals surface area contributed by atoms with Gasteiger partial charge in [-0.2, -0.15) is 5.26 Å². The van der Waals surface area contributed by atoms with Crippen LogP contribution < -0.4 is 10.6 Å². The molecule has 126 valence electrons. The lowest BCUT2D eigenvalue weighted by molar-refractivity contribution is -0.384. The Bertz CT molecular complexity index is 903. The van der Waals surface area contributed by atoms with Crippen LogP contribution in [0.1, 0.15) is 5.56 Å². The van der Waals surface area contributed by atoms with Crippen LogP contribution in [0.5, 0.6) is 0 Å². The second kappa shape index (κ2) is 7.95. The summed E-state index contributed by atoms with van der Waals surface area (Å²) in [6, 6.07) is 12.5. The molecule has 0 aromatic heterocycles. The van der Waals surface area contributed by atoms with Gasteiger partial charge in [-0.1, -0.05) is 23.7 Å². The van der Waals surface area contributed by atoms with E-state index in [-0.39, 0.29) is 11.3 Å². The van der Waals surface area contributed by atoms with Gasteiger partial charge in [-0.3, -0.25) is 14.9 Å². The fourth-order valence-electron chi connectivity index (χ4n) is 1.95. The van der Waals surface area contributed by atoms with Crippen LogP contribution in [0.15, 0.2) is 54.2 Å². The topological polar surface area (TPSA) is 108 Å². The summed E-state index contributed by atoms with van der Waals surface area (Å²) in [5.74, 6) is -0.620. The summed E-state index contributed by atoms with van der Waals surface area (Å²) in [6.45, 7) is 1.75. The van der Waals surface area contributed by atoms with E-state index in [1.54, 1.807) is 37.3 Å². The van der Waals surface area contributed by atoms with Gasteiger partial charge in [0.2, 0.25) is 0 Å². The molecule has 0 atom stereocenters. The zero-order chi connectivity index (χ0) is 18.4. The monoisotopic (exact) mass is 356 g/mol. The minimum absolute atomic E-state index is 0.101. The largest absolute Gasteiger partial charge is 0.360 e. The number of nitriles is 1. The summed E-state index contributed by atoms with van der Waals surface area (Å²) in [7, 11) is 0. The first-order chi connectivity index (χ1) is 11.9. The normalized spacial score (nSPS) is 10.7. The van der Waals surface area contributed by atoms with E-state index in [0.717, 1.165) is 0 Å². The first-order valence-corrected chi connectivity index (χ1v) is 7.48. The smallest absolute Gasteiger partial charge is 0.271 e. The molecule has 2 rings (SSSR count). The van der Waals surface area contributed by atoms with E-state index in [4.69, 9.17) is 16.9 Å². The molecule has 0 aliphatic rings. The lowest BCUT2D eigenvalue weighted by Gasteiger charge is -2.09. The Kier molecular flexibility index (Phi) is 5.71. The molecular weight excluding hydrogens is 344 g/mol. The molecule has 0 saturated carbocycles. The summed E-state index contributed by atoms with van der Waals surface area (Å²) in [6.07, 6.45) is 1.19. The number of amides is 1. The molecule has 1 amide bonds. The molecule has 25 heavy (non-hydrogen) atoms. The lowest BCUT2D eigenvalue weighted by Crippen LogP contribution is -2.15. The number of hydrogen-bond donors (Lipinski definition) is 2. The van der Waals surface area contributed by atoms with E-state index < -0.39 is 10.8 Å². The molecular formula is C17H13ClN4O3. The van der Waals surface area contributed by atoms with Crippen LogP contribution in [0.25, 0.3) is 0 Å². The maximum Gasteiger partial charge on any atom is 0.271 e. The Balaban J connectivity index is 2.16. The molecule has 2 N–H and O–H groups in total. The first-order valence-electron chi connectivity index (χ1n) is 7.10. The van der Waals surface area contributed by atoms with Gasteiger partial charge in [0.15, 0.2) is 0 Å². The highest BCUT2D eigenvalue weighted by Crippen LogP contribution is 2.23. The second-order valence-electron chi connectivity index (χ2n) is 4.99. The van der Waals surface area contributed by atoms with Crippen molar-refractivity contribution in [3.05, 3.63) is 74.9 Å². The van der Waals surface area contributed by atoms with Crippen LogP contribution in [-0.2, 0) is 4.79 Å². The van der Waals surface area contributed by atoms with Crippen molar-refractivity contribution in [2.24, 2.45) is 0 Å². The van der Waals surface area contributed by atoms with Gasteiger partial charge in [-0.05, 0) is 30.7 Å². The van der Waals surface area contributed by atoms with Crippen molar-refractivity contribution in [1.29, 1.82) is 5.26 Å². The molecule has 0 spiro atoms. The number of nitro benzene ring substituents is 1. The molecule has 2 aromatic carbocycles. The number of anilines is 2. The number of rotatable bonds is 5. The molecule has 8 heteroatoms. The lowest BCUT2D eigenvalue weighted by atomic mass is 10.2. The van der Waals surface area contributed by atoms with Gasteiger partial charge in [0.25, 0.3) is 11.6 Å². The maximum absolute atomic E-state index is 12.2. The number of nitro groups is 1. The van der Waals surface area contributed by atoms with E-state index in [2.05, 4.69) is 10.6 Å². The van der Waals surface area contributed by atoms with E-state index in [1.165, 1.54) is 24.4 Å². The Labute approximate surface area is 148 Å². The van der Waals surface area contributed by atoms with Crippen molar-refractivity contribution in [2.75, 3.05) is 10.6 Å². The maximum atomic E-state index is 12.2. The number of nitrogens with one attached hydrogen (secondary N) is 2. The summed E-state index contributed by atoms with van der Waals surface area (Å²) >= 11 is 5.99. The van der Waals surface area contributed by atoms with Crippen LogP contribution in [0, 0.1) is 28.4 Å².